The largest absolute Gasteiger partial charge is 0.394 e. The molecule has 2 aliphatic rings. The highest BCUT2D eigenvalue weighted by atomic mass is 79.9. The number of rotatable bonds is 8. The van der Waals surface area contributed by atoms with E-state index in [0.29, 0.717) is 44.0 Å². The van der Waals surface area contributed by atoms with Crippen LogP contribution in [-0.4, -0.2) is 87.2 Å². The maximum Gasteiger partial charge on any atom is 0.248 e. The van der Waals surface area contributed by atoms with Crippen LogP contribution in [0.3, 0.4) is 0 Å². The molecule has 1 aliphatic heterocycles. The predicted molar refractivity (Wildman–Crippen MR) is 161 cm³/mol. The van der Waals surface area contributed by atoms with E-state index in [-0.39, 0.29) is 24.4 Å². The number of amides is 2. The Labute approximate surface area is 259 Å². The Kier molecular flexibility index (Phi) is 7.48. The number of carbonyl (C=O) groups is 3. The molecular weight excluding hydrogens is 632 g/mol. The van der Waals surface area contributed by atoms with Gasteiger partial charge in [-0.3, -0.25) is 24.0 Å². The van der Waals surface area contributed by atoms with Crippen LogP contribution < -0.4 is 5.32 Å². The van der Waals surface area contributed by atoms with Crippen LogP contribution in [0, 0.1) is 31.1 Å². The fraction of sp³-hybridized carbons (Fsp3) is 0.333. The second-order valence-corrected chi connectivity index (χ2v) is 11.7. The van der Waals surface area contributed by atoms with Gasteiger partial charge in [0.05, 0.1) is 35.5 Å². The van der Waals surface area contributed by atoms with Crippen molar-refractivity contribution in [1.29, 1.82) is 0 Å². The van der Waals surface area contributed by atoms with E-state index in [0.717, 1.165) is 0 Å². The number of hydrogen-bond acceptors (Lipinski definition) is 10. The van der Waals surface area contributed by atoms with Gasteiger partial charge < -0.3 is 20.4 Å². The van der Waals surface area contributed by atoms with E-state index >= 15 is 0 Å². The van der Waals surface area contributed by atoms with E-state index in [2.05, 4.69) is 58.1 Å². The molecule has 2 amide bonds. The van der Waals surface area contributed by atoms with Crippen molar-refractivity contribution in [2.45, 2.75) is 51.9 Å². The van der Waals surface area contributed by atoms with Gasteiger partial charge in [0, 0.05) is 30.3 Å². The summed E-state index contributed by atoms with van der Waals surface area (Å²) in [5.41, 5.74) is 1.33. The summed E-state index contributed by atoms with van der Waals surface area (Å²) in [6, 6.07) is 3.37. The molecule has 1 aliphatic carbocycles. The summed E-state index contributed by atoms with van der Waals surface area (Å²) >= 11 is 3.31. The third-order valence-corrected chi connectivity index (χ3v) is 8.51. The van der Waals surface area contributed by atoms with Gasteiger partial charge in [-0.25, -0.2) is 15.0 Å². The van der Waals surface area contributed by atoms with Crippen LogP contribution in [0.2, 0.25) is 0 Å². The van der Waals surface area contributed by atoms with E-state index in [4.69, 9.17) is 0 Å². The molecule has 5 heterocycles. The molecule has 4 aromatic heterocycles. The molecule has 6 rings (SSSR count). The fourth-order valence-electron chi connectivity index (χ4n) is 5.68. The lowest BCUT2D eigenvalue weighted by atomic mass is 9.69. The predicted octanol–water partition coefficient (Wildman–Crippen LogP) is 1.83. The molecule has 4 aromatic rings. The SMILES string of the molecule is CC(=O)c1nn(CC(=O)N2[C@H](C(=O)Nc3nc(Br)ccc3C)C[C@@]3(C(O)CO)C#C[C@@H]23)c2cnc(-c3cnc(C)nc3)cc12. The van der Waals surface area contributed by atoms with Gasteiger partial charge in [0.1, 0.15) is 40.6 Å². The normalized spacial score (nSPS) is 20.8. The second kappa shape index (κ2) is 11.2. The summed E-state index contributed by atoms with van der Waals surface area (Å²) in [6.07, 6.45) is 3.54. The number of aliphatic hydroxyl groups excluding tert-OH is 2. The summed E-state index contributed by atoms with van der Waals surface area (Å²) in [7, 11) is 0. The monoisotopic (exact) mass is 658 g/mol. The molecule has 1 saturated heterocycles. The minimum atomic E-state index is -1.27. The van der Waals surface area contributed by atoms with Crippen molar-refractivity contribution in [3.8, 4) is 23.1 Å². The van der Waals surface area contributed by atoms with Gasteiger partial charge in [0.25, 0.3) is 0 Å². The number of nitrogens with zero attached hydrogens (tertiary/aromatic N) is 7. The minimum Gasteiger partial charge on any atom is -0.394 e. The first-order chi connectivity index (χ1) is 21.0. The zero-order valence-corrected chi connectivity index (χ0v) is 25.5. The van der Waals surface area contributed by atoms with Gasteiger partial charge in [-0.2, -0.15) is 5.10 Å². The number of hydrogen-bond donors (Lipinski definition) is 3. The quantitative estimate of drug-likeness (QED) is 0.144. The smallest absolute Gasteiger partial charge is 0.248 e. The van der Waals surface area contributed by atoms with Crippen molar-refractivity contribution in [3.05, 3.63) is 58.5 Å². The number of pyridine rings is 2. The topological polar surface area (TPSA) is 176 Å². The average Bonchev–Trinajstić information content (AvgIpc) is 3.46. The Morgan fingerprint density at radius 2 is 1.93 bits per heavy atom. The average molecular weight is 660 g/mol. The highest BCUT2D eigenvalue weighted by Gasteiger charge is 2.61. The van der Waals surface area contributed by atoms with Crippen LogP contribution in [0.1, 0.15) is 35.2 Å². The molecule has 13 nitrogen and oxygen atoms in total. The van der Waals surface area contributed by atoms with Crippen molar-refractivity contribution in [3.63, 3.8) is 0 Å². The number of likely N-dealkylation sites (tertiary alicyclic amines) is 1. The number of aryl methyl sites for hydroxylation is 2. The Morgan fingerprint density at radius 1 is 1.18 bits per heavy atom. The van der Waals surface area contributed by atoms with Crippen LogP contribution in [0.15, 0.2) is 41.4 Å². The fourth-order valence-corrected chi connectivity index (χ4v) is 5.99. The van der Waals surface area contributed by atoms with Gasteiger partial charge in [0.15, 0.2) is 5.78 Å². The molecule has 224 valence electrons. The molecule has 0 bridgehead atoms. The highest BCUT2D eigenvalue weighted by Crippen LogP contribution is 2.48. The minimum absolute atomic E-state index is 0.0130. The van der Waals surface area contributed by atoms with E-state index in [1.54, 1.807) is 44.4 Å². The molecule has 0 aromatic carbocycles. The lowest BCUT2D eigenvalue weighted by molar-refractivity contribution is -0.139. The summed E-state index contributed by atoms with van der Waals surface area (Å²) in [6.45, 7) is 4.03. The summed E-state index contributed by atoms with van der Waals surface area (Å²) in [5, 5.41) is 28.3. The van der Waals surface area contributed by atoms with Gasteiger partial charge >= 0.3 is 0 Å². The Bertz CT molecular complexity index is 1900. The van der Waals surface area contributed by atoms with Crippen LogP contribution >= 0.6 is 15.9 Å². The summed E-state index contributed by atoms with van der Waals surface area (Å²) in [5.74, 6) is 5.43. The van der Waals surface area contributed by atoms with Gasteiger partial charge in [-0.15, -0.1) is 0 Å². The maximum absolute atomic E-state index is 14.0. The van der Waals surface area contributed by atoms with Crippen LogP contribution in [-0.2, 0) is 16.1 Å². The summed E-state index contributed by atoms with van der Waals surface area (Å²) in [4.78, 5) is 58.9. The standard InChI is InChI=1S/C30H27BrN8O5/c1-15-4-5-25(31)35-28(15)36-29(44)21-9-30(24(42)14-40)7-6-23(30)39(21)26(43)13-38-22-12-34-20(18-10-32-17(3)33-11-18)8-19(22)27(37-38)16(2)41/h4-5,8,10-12,21,23-24,40,42H,9,13-14H2,1-3H3,(H,35,36,44)/t21-,23+,24?,30-/m0/s1. The zero-order valence-electron chi connectivity index (χ0n) is 23.9. The summed E-state index contributed by atoms with van der Waals surface area (Å²) < 4.78 is 1.90. The Morgan fingerprint density at radius 3 is 2.59 bits per heavy atom. The molecule has 14 heteroatoms. The van der Waals surface area contributed by atoms with Crippen LogP contribution in [0.25, 0.3) is 22.2 Å². The number of halogens is 1. The zero-order chi connectivity index (χ0) is 31.3. The lowest BCUT2D eigenvalue weighted by Gasteiger charge is -2.39. The number of ketones is 1. The van der Waals surface area contributed by atoms with Gasteiger partial charge in [-0.05, 0) is 53.9 Å². The first-order valence-electron chi connectivity index (χ1n) is 13.8. The molecular formula is C30H27BrN8O5. The molecule has 4 atom stereocenters. The number of carbonyl (C=O) groups excluding carboxylic acids is 3. The van der Waals surface area contributed by atoms with Crippen molar-refractivity contribution in [2.24, 2.45) is 5.41 Å². The molecule has 0 saturated carbocycles. The highest BCUT2D eigenvalue weighted by molar-refractivity contribution is 9.10. The number of Topliss-reactive ketones (excluding diaryl/α,β-unsaturated/α-hetero) is 1. The maximum atomic E-state index is 14.0. The van der Waals surface area contributed by atoms with E-state index in [1.807, 2.05) is 0 Å². The molecule has 3 N–H and O–H groups in total. The van der Waals surface area contributed by atoms with Crippen LogP contribution in [0.5, 0.6) is 0 Å². The Balaban J connectivity index is 1.34. The third kappa shape index (κ3) is 4.92. The van der Waals surface area contributed by atoms with E-state index in [1.165, 1.54) is 22.7 Å². The van der Waals surface area contributed by atoms with E-state index < -0.39 is 42.0 Å². The second-order valence-electron chi connectivity index (χ2n) is 10.9. The van der Waals surface area contributed by atoms with Crippen molar-refractivity contribution in [1.82, 2.24) is 34.6 Å². The Hall–Kier alpha value is -4.58. The lowest BCUT2D eigenvalue weighted by Crippen LogP contribution is -2.54. The first-order valence-corrected chi connectivity index (χ1v) is 14.5. The van der Waals surface area contributed by atoms with Gasteiger partial charge in [-0.1, -0.05) is 17.9 Å². The third-order valence-electron chi connectivity index (χ3n) is 8.07. The molecule has 1 unspecified atom stereocenters. The molecule has 1 fully saturated rings. The van der Waals surface area contributed by atoms with E-state index in [9.17, 15) is 24.6 Å². The van der Waals surface area contributed by atoms with Gasteiger partial charge in [0.2, 0.25) is 11.8 Å². The first kappa shape index (κ1) is 29.5. The number of aliphatic hydroxyl groups is 2. The number of aromatic nitrogens is 6. The van der Waals surface area contributed by atoms with Crippen molar-refractivity contribution >= 4 is 50.2 Å². The van der Waals surface area contributed by atoms with Crippen molar-refractivity contribution < 1.29 is 24.6 Å². The number of nitrogens with one attached hydrogen (secondary N) is 1. The molecule has 0 spiro atoms. The molecule has 0 radical (unpaired) electrons. The van der Waals surface area contributed by atoms with Crippen LogP contribution in [0.4, 0.5) is 5.82 Å². The number of fused-ring (bicyclic) bond motifs is 2. The molecule has 44 heavy (non-hydrogen) atoms. The van der Waals surface area contributed by atoms with Crippen molar-refractivity contribution in [2.75, 3.05) is 11.9 Å². The number of anilines is 1.